The summed E-state index contributed by atoms with van der Waals surface area (Å²) in [5, 5.41) is 11.3. The molecule has 1 atom stereocenters. The minimum Gasteiger partial charge on any atom is -0.497 e. The average Bonchev–Trinajstić information content (AvgIpc) is 3.31. The van der Waals surface area contributed by atoms with Crippen molar-refractivity contribution in [2.75, 3.05) is 14.2 Å². The molecule has 1 aromatic heterocycles. The number of nitro benzene ring substituents is 1. The van der Waals surface area contributed by atoms with Crippen LogP contribution in [0.2, 0.25) is 0 Å². The quantitative estimate of drug-likeness (QED) is 0.230. The van der Waals surface area contributed by atoms with Crippen molar-refractivity contribution in [1.82, 2.24) is 4.57 Å². The summed E-state index contributed by atoms with van der Waals surface area (Å²) in [4.78, 5) is 30.5. The zero-order valence-corrected chi connectivity index (χ0v) is 23.4. The van der Waals surface area contributed by atoms with Gasteiger partial charge in [0.2, 0.25) is 0 Å². The van der Waals surface area contributed by atoms with Gasteiger partial charge in [-0.1, -0.05) is 47.7 Å². The Balaban J connectivity index is 1.54. The molecule has 0 saturated carbocycles. The molecule has 206 valence electrons. The zero-order valence-electron chi connectivity index (χ0n) is 22.6. The third-order valence-electron chi connectivity index (χ3n) is 7.40. The van der Waals surface area contributed by atoms with Crippen LogP contribution in [0.5, 0.6) is 11.5 Å². The molecule has 1 aliphatic carbocycles. The van der Waals surface area contributed by atoms with E-state index < -0.39 is 4.92 Å². The molecule has 3 aromatic carbocycles. The molecule has 0 amide bonds. The van der Waals surface area contributed by atoms with E-state index in [2.05, 4.69) is 6.08 Å². The lowest BCUT2D eigenvalue weighted by atomic mass is 9.84. The van der Waals surface area contributed by atoms with Crippen LogP contribution in [0.25, 0.3) is 12.2 Å². The number of ether oxygens (including phenoxy) is 2. The number of nitro groups is 1. The Labute approximate surface area is 240 Å². The summed E-state index contributed by atoms with van der Waals surface area (Å²) >= 11 is 1.30. The number of hydrogen-bond acceptors (Lipinski definition) is 7. The number of hydrogen-bond donors (Lipinski definition) is 0. The van der Waals surface area contributed by atoms with Crippen molar-refractivity contribution < 1.29 is 14.4 Å². The summed E-state index contributed by atoms with van der Waals surface area (Å²) < 4.78 is 12.9. The Morgan fingerprint density at radius 3 is 2.34 bits per heavy atom. The second-order valence-electron chi connectivity index (χ2n) is 9.88. The van der Waals surface area contributed by atoms with Crippen molar-refractivity contribution in [1.29, 1.82) is 0 Å². The van der Waals surface area contributed by atoms with Crippen LogP contribution in [0, 0.1) is 10.1 Å². The Kier molecular flexibility index (Phi) is 7.11. The van der Waals surface area contributed by atoms with Crippen LogP contribution in [0.15, 0.2) is 99.4 Å². The Morgan fingerprint density at radius 1 is 0.951 bits per heavy atom. The number of non-ortho nitro benzene ring substituents is 1. The van der Waals surface area contributed by atoms with Crippen LogP contribution in [0.3, 0.4) is 0 Å². The van der Waals surface area contributed by atoms with E-state index in [9.17, 15) is 14.9 Å². The van der Waals surface area contributed by atoms with E-state index in [1.807, 2.05) is 48.5 Å². The van der Waals surface area contributed by atoms with Gasteiger partial charge in [-0.05, 0) is 83.5 Å². The molecule has 0 N–H and O–H groups in total. The summed E-state index contributed by atoms with van der Waals surface area (Å²) in [6.45, 7) is 0. The van der Waals surface area contributed by atoms with Gasteiger partial charge in [-0.15, -0.1) is 0 Å². The molecule has 8 nitrogen and oxygen atoms in total. The molecular formula is C32H27N3O5S. The van der Waals surface area contributed by atoms with Crippen LogP contribution in [0.4, 0.5) is 5.69 Å². The number of thiazole rings is 1. The van der Waals surface area contributed by atoms with E-state index in [0.29, 0.717) is 14.9 Å². The van der Waals surface area contributed by atoms with Gasteiger partial charge in [-0.25, -0.2) is 4.99 Å². The van der Waals surface area contributed by atoms with Crippen molar-refractivity contribution in [3.63, 3.8) is 0 Å². The Morgan fingerprint density at radius 2 is 1.66 bits per heavy atom. The molecule has 0 saturated heterocycles. The van der Waals surface area contributed by atoms with E-state index >= 15 is 0 Å². The molecule has 0 unspecified atom stereocenters. The van der Waals surface area contributed by atoms with Crippen molar-refractivity contribution >= 4 is 29.2 Å². The van der Waals surface area contributed by atoms with E-state index in [1.165, 1.54) is 23.5 Å². The fraction of sp³-hybridized carbons (Fsp3) is 0.188. The molecular weight excluding hydrogens is 538 g/mol. The van der Waals surface area contributed by atoms with E-state index in [0.717, 1.165) is 58.7 Å². The maximum absolute atomic E-state index is 13.9. The van der Waals surface area contributed by atoms with Gasteiger partial charge in [0.25, 0.3) is 11.2 Å². The van der Waals surface area contributed by atoms with Crippen LogP contribution in [-0.4, -0.2) is 23.7 Å². The van der Waals surface area contributed by atoms with E-state index in [-0.39, 0.29) is 17.3 Å². The molecule has 2 aliphatic rings. The first-order valence-corrected chi connectivity index (χ1v) is 14.0. The lowest BCUT2D eigenvalue weighted by molar-refractivity contribution is -0.384. The first-order valence-electron chi connectivity index (χ1n) is 13.2. The highest BCUT2D eigenvalue weighted by Gasteiger charge is 2.32. The standard InChI is InChI=1S/C32H27N3O5S/c1-39-25-13-9-20(10-14-25)17-23-6-4-8-27-29(23)33-32-34(30(27)22-11-15-26(40-2)16-12-22)31(36)28(41-32)19-21-5-3-7-24(18-21)35(37)38/h3,5,7,9-19,30H,4,6,8H2,1-2H3/b23-17+,28-19-/t30-/m1/s1. The molecule has 1 aliphatic heterocycles. The number of fused-ring (bicyclic) bond motifs is 1. The van der Waals surface area contributed by atoms with E-state index in [1.54, 1.807) is 37.0 Å². The van der Waals surface area contributed by atoms with Crippen LogP contribution >= 0.6 is 11.3 Å². The van der Waals surface area contributed by atoms with Crippen molar-refractivity contribution in [2.45, 2.75) is 25.3 Å². The smallest absolute Gasteiger partial charge is 0.271 e. The zero-order chi connectivity index (χ0) is 28.5. The van der Waals surface area contributed by atoms with Gasteiger partial charge < -0.3 is 9.47 Å². The topological polar surface area (TPSA) is 96.0 Å². The minimum atomic E-state index is -0.437. The average molecular weight is 566 g/mol. The highest BCUT2D eigenvalue weighted by atomic mass is 32.1. The van der Waals surface area contributed by atoms with Crippen molar-refractivity contribution in [3.8, 4) is 11.5 Å². The van der Waals surface area contributed by atoms with Crippen LogP contribution in [-0.2, 0) is 0 Å². The molecule has 4 aromatic rings. The Hall–Kier alpha value is -4.76. The molecule has 6 rings (SSSR count). The first kappa shape index (κ1) is 26.5. The van der Waals surface area contributed by atoms with Gasteiger partial charge >= 0.3 is 0 Å². The normalized spacial score (nSPS) is 17.6. The summed E-state index contributed by atoms with van der Waals surface area (Å²) in [5.74, 6) is 1.54. The maximum Gasteiger partial charge on any atom is 0.271 e. The second kappa shape index (κ2) is 11.0. The number of benzene rings is 3. The lowest BCUT2D eigenvalue weighted by Crippen LogP contribution is -2.39. The predicted octanol–water partition coefficient (Wildman–Crippen LogP) is 5.41. The van der Waals surface area contributed by atoms with Crippen molar-refractivity contribution in [2.24, 2.45) is 4.99 Å². The van der Waals surface area contributed by atoms with Gasteiger partial charge in [0.15, 0.2) is 4.80 Å². The molecule has 41 heavy (non-hydrogen) atoms. The third-order valence-corrected chi connectivity index (χ3v) is 8.38. The third kappa shape index (κ3) is 5.12. The number of allylic oxidation sites excluding steroid dienone is 2. The van der Waals surface area contributed by atoms with Crippen LogP contribution < -0.4 is 24.4 Å². The summed E-state index contributed by atoms with van der Waals surface area (Å²) in [5.41, 5.74) is 5.60. The predicted molar refractivity (Wildman–Crippen MR) is 159 cm³/mol. The summed E-state index contributed by atoms with van der Waals surface area (Å²) in [6.07, 6.45) is 6.52. The van der Waals surface area contributed by atoms with Gasteiger partial charge in [0.1, 0.15) is 11.5 Å². The molecule has 9 heteroatoms. The highest BCUT2D eigenvalue weighted by Crippen LogP contribution is 2.41. The maximum atomic E-state index is 13.9. The van der Waals surface area contributed by atoms with Crippen molar-refractivity contribution in [3.05, 3.63) is 136 Å². The monoisotopic (exact) mass is 565 g/mol. The number of nitrogens with zero attached hydrogens (tertiary/aromatic N) is 3. The van der Waals surface area contributed by atoms with Gasteiger partial charge in [-0.2, -0.15) is 0 Å². The second-order valence-corrected chi connectivity index (χ2v) is 10.9. The largest absolute Gasteiger partial charge is 0.497 e. The molecule has 0 spiro atoms. The molecule has 0 fully saturated rings. The van der Waals surface area contributed by atoms with Gasteiger partial charge in [0, 0.05) is 12.1 Å². The fourth-order valence-electron chi connectivity index (χ4n) is 5.42. The highest BCUT2D eigenvalue weighted by molar-refractivity contribution is 7.07. The first-order chi connectivity index (χ1) is 19.9. The SMILES string of the molecule is COc1ccc(/C=C2\CCCC3=C2N=c2s/c(=C\c4cccc([N+](=O)[O-])c4)c(=O)n2[C@@H]3c2ccc(OC)cc2)cc1. The molecule has 0 radical (unpaired) electrons. The summed E-state index contributed by atoms with van der Waals surface area (Å²) in [6, 6.07) is 21.7. The van der Waals surface area contributed by atoms with Gasteiger partial charge in [0.05, 0.1) is 35.4 Å². The minimum absolute atomic E-state index is 0.0218. The molecule has 2 heterocycles. The number of aromatic nitrogens is 1. The number of rotatable bonds is 6. The summed E-state index contributed by atoms with van der Waals surface area (Å²) in [7, 11) is 3.28. The lowest BCUT2D eigenvalue weighted by Gasteiger charge is -2.31. The Bertz CT molecular complexity index is 1880. The van der Waals surface area contributed by atoms with E-state index in [4.69, 9.17) is 14.5 Å². The number of methoxy groups -OCH3 is 2. The molecule has 0 bridgehead atoms. The van der Waals surface area contributed by atoms with Crippen LogP contribution in [0.1, 0.15) is 42.0 Å². The van der Waals surface area contributed by atoms with Gasteiger partial charge in [-0.3, -0.25) is 19.5 Å². The fourth-order valence-corrected chi connectivity index (χ4v) is 6.42.